The number of rotatable bonds is 3. The van der Waals surface area contributed by atoms with E-state index in [1.54, 1.807) is 18.6 Å². The molecule has 1 aromatic carbocycles. The second kappa shape index (κ2) is 6.22. The van der Waals surface area contributed by atoms with Crippen LogP contribution < -0.4 is 5.32 Å². The Hall–Kier alpha value is -3.05. The van der Waals surface area contributed by atoms with Gasteiger partial charge in [-0.3, -0.25) is 4.98 Å². The van der Waals surface area contributed by atoms with Gasteiger partial charge in [0.1, 0.15) is 5.82 Å². The zero-order chi connectivity index (χ0) is 16.4. The summed E-state index contributed by atoms with van der Waals surface area (Å²) in [5.74, 6) is 1.21. The first-order chi connectivity index (χ1) is 11.8. The van der Waals surface area contributed by atoms with Crippen molar-refractivity contribution >= 4 is 34.1 Å². The lowest BCUT2D eigenvalue weighted by Gasteiger charge is -2.11. The third-order valence-electron chi connectivity index (χ3n) is 3.53. The van der Waals surface area contributed by atoms with Crippen LogP contribution in [-0.2, 0) is 0 Å². The second-order valence-corrected chi connectivity index (χ2v) is 5.52. The number of anilines is 2. The Morgan fingerprint density at radius 2 is 1.67 bits per heavy atom. The van der Waals surface area contributed by atoms with Gasteiger partial charge in [0.25, 0.3) is 0 Å². The normalized spacial score (nSPS) is 10.7. The summed E-state index contributed by atoms with van der Waals surface area (Å²) in [6, 6.07) is 15.0. The van der Waals surface area contributed by atoms with E-state index in [1.807, 2.05) is 48.5 Å². The summed E-state index contributed by atoms with van der Waals surface area (Å²) in [5.41, 5.74) is 2.27. The number of pyridine rings is 2. The van der Waals surface area contributed by atoms with Crippen molar-refractivity contribution in [3.8, 4) is 11.4 Å². The summed E-state index contributed by atoms with van der Waals surface area (Å²) in [6.07, 6.45) is 5.15. The summed E-state index contributed by atoms with van der Waals surface area (Å²) in [7, 11) is 0. The summed E-state index contributed by atoms with van der Waals surface area (Å²) in [4.78, 5) is 17.6. The highest BCUT2D eigenvalue weighted by molar-refractivity contribution is 6.33. The second-order valence-electron chi connectivity index (χ2n) is 5.11. The molecule has 6 heteroatoms. The van der Waals surface area contributed by atoms with Crippen LogP contribution in [0.25, 0.3) is 22.4 Å². The van der Waals surface area contributed by atoms with Gasteiger partial charge in [0.2, 0.25) is 0 Å². The predicted octanol–water partition coefficient (Wildman–Crippen LogP) is 4.48. The molecule has 116 valence electrons. The Morgan fingerprint density at radius 1 is 0.833 bits per heavy atom. The molecule has 0 fully saturated rings. The Kier molecular flexibility index (Phi) is 3.76. The molecular weight excluding hydrogens is 322 g/mol. The summed E-state index contributed by atoms with van der Waals surface area (Å²) in [5, 5.41) is 4.74. The quantitative estimate of drug-likeness (QED) is 0.598. The van der Waals surface area contributed by atoms with Crippen molar-refractivity contribution in [3.63, 3.8) is 0 Å². The minimum Gasteiger partial charge on any atom is -0.339 e. The number of nitrogens with zero attached hydrogens (tertiary/aromatic N) is 4. The topological polar surface area (TPSA) is 63.6 Å². The number of benzene rings is 1. The highest BCUT2D eigenvalue weighted by Crippen LogP contribution is 2.29. The highest BCUT2D eigenvalue weighted by Gasteiger charge is 2.12. The molecule has 0 bridgehead atoms. The third-order valence-corrected chi connectivity index (χ3v) is 3.86. The van der Waals surface area contributed by atoms with Gasteiger partial charge in [0, 0.05) is 29.8 Å². The summed E-state index contributed by atoms with van der Waals surface area (Å²) in [6.45, 7) is 0. The Balaban J connectivity index is 1.90. The SMILES string of the molecule is Clc1ccccc1-c1nc(Nc2ccncc2)c2cccnc2n1. The monoisotopic (exact) mass is 333 g/mol. The fourth-order valence-electron chi connectivity index (χ4n) is 2.39. The van der Waals surface area contributed by atoms with Crippen molar-refractivity contribution in [1.29, 1.82) is 0 Å². The molecule has 0 aliphatic heterocycles. The molecule has 4 aromatic rings. The van der Waals surface area contributed by atoms with Crippen LogP contribution in [0.4, 0.5) is 11.5 Å². The first-order valence-electron chi connectivity index (χ1n) is 7.36. The minimum absolute atomic E-state index is 0.531. The lowest BCUT2D eigenvalue weighted by atomic mass is 10.2. The molecule has 0 aliphatic carbocycles. The van der Waals surface area contributed by atoms with Gasteiger partial charge in [-0.05, 0) is 36.4 Å². The minimum atomic E-state index is 0.531. The fraction of sp³-hybridized carbons (Fsp3) is 0. The van der Waals surface area contributed by atoms with Crippen LogP contribution in [0.1, 0.15) is 0 Å². The van der Waals surface area contributed by atoms with Gasteiger partial charge in [-0.15, -0.1) is 0 Å². The van der Waals surface area contributed by atoms with Crippen molar-refractivity contribution in [2.45, 2.75) is 0 Å². The van der Waals surface area contributed by atoms with Gasteiger partial charge in [-0.1, -0.05) is 23.7 Å². The van der Waals surface area contributed by atoms with Gasteiger partial charge >= 0.3 is 0 Å². The largest absolute Gasteiger partial charge is 0.339 e. The maximum Gasteiger partial charge on any atom is 0.165 e. The van der Waals surface area contributed by atoms with Crippen LogP contribution >= 0.6 is 11.6 Å². The first kappa shape index (κ1) is 14.5. The Bertz CT molecular complexity index is 1000. The Morgan fingerprint density at radius 3 is 2.50 bits per heavy atom. The van der Waals surface area contributed by atoms with Crippen molar-refractivity contribution in [2.24, 2.45) is 0 Å². The number of aromatic nitrogens is 4. The number of hydrogen-bond acceptors (Lipinski definition) is 5. The number of fused-ring (bicyclic) bond motifs is 1. The van der Waals surface area contributed by atoms with Crippen molar-refractivity contribution in [1.82, 2.24) is 19.9 Å². The molecular formula is C18H12ClN5. The maximum atomic E-state index is 6.29. The summed E-state index contributed by atoms with van der Waals surface area (Å²) < 4.78 is 0. The zero-order valence-electron chi connectivity index (χ0n) is 12.5. The van der Waals surface area contributed by atoms with Crippen LogP contribution in [0.2, 0.25) is 5.02 Å². The Labute approximate surface area is 143 Å². The van der Waals surface area contributed by atoms with Crippen LogP contribution in [0.15, 0.2) is 67.1 Å². The molecule has 0 atom stereocenters. The van der Waals surface area contributed by atoms with E-state index in [0.29, 0.717) is 22.3 Å². The number of halogens is 1. The van der Waals surface area contributed by atoms with Gasteiger partial charge in [-0.25, -0.2) is 15.0 Å². The molecule has 0 saturated heterocycles. The number of hydrogen-bond donors (Lipinski definition) is 1. The van der Waals surface area contributed by atoms with E-state index in [4.69, 9.17) is 11.6 Å². The van der Waals surface area contributed by atoms with Crippen molar-refractivity contribution in [2.75, 3.05) is 5.32 Å². The van der Waals surface area contributed by atoms with Gasteiger partial charge in [0.05, 0.1) is 10.4 Å². The maximum absolute atomic E-state index is 6.29. The molecule has 0 radical (unpaired) electrons. The predicted molar refractivity (Wildman–Crippen MR) is 95.3 cm³/mol. The molecule has 24 heavy (non-hydrogen) atoms. The van der Waals surface area contributed by atoms with E-state index in [0.717, 1.165) is 16.6 Å². The van der Waals surface area contributed by atoms with E-state index in [-0.39, 0.29) is 0 Å². The van der Waals surface area contributed by atoms with Gasteiger partial charge in [0.15, 0.2) is 11.5 Å². The molecule has 0 amide bonds. The van der Waals surface area contributed by atoms with Crippen LogP contribution in [0, 0.1) is 0 Å². The van der Waals surface area contributed by atoms with E-state index in [2.05, 4.69) is 25.3 Å². The molecule has 4 rings (SSSR count). The molecule has 0 saturated carbocycles. The molecule has 0 unspecified atom stereocenters. The standard InChI is InChI=1S/C18H12ClN5/c19-15-6-2-1-4-13(15)17-23-16-14(5-3-9-21-16)18(24-17)22-12-7-10-20-11-8-12/h1-11H,(H,20,21,22,23,24). The summed E-state index contributed by atoms with van der Waals surface area (Å²) >= 11 is 6.29. The molecule has 3 aromatic heterocycles. The molecule has 0 spiro atoms. The van der Waals surface area contributed by atoms with E-state index < -0.39 is 0 Å². The molecule has 0 aliphatic rings. The smallest absolute Gasteiger partial charge is 0.165 e. The average molecular weight is 334 g/mol. The van der Waals surface area contributed by atoms with E-state index in [9.17, 15) is 0 Å². The molecule has 1 N–H and O–H groups in total. The first-order valence-corrected chi connectivity index (χ1v) is 7.74. The zero-order valence-corrected chi connectivity index (χ0v) is 13.3. The van der Waals surface area contributed by atoms with Crippen LogP contribution in [-0.4, -0.2) is 19.9 Å². The van der Waals surface area contributed by atoms with Gasteiger partial charge in [-0.2, -0.15) is 0 Å². The highest BCUT2D eigenvalue weighted by atomic mass is 35.5. The average Bonchev–Trinajstić information content (AvgIpc) is 2.63. The van der Waals surface area contributed by atoms with Crippen LogP contribution in [0.5, 0.6) is 0 Å². The van der Waals surface area contributed by atoms with Gasteiger partial charge < -0.3 is 5.32 Å². The van der Waals surface area contributed by atoms with E-state index in [1.165, 1.54) is 0 Å². The van der Waals surface area contributed by atoms with Crippen molar-refractivity contribution < 1.29 is 0 Å². The number of nitrogens with one attached hydrogen (secondary N) is 1. The molecule has 5 nitrogen and oxygen atoms in total. The lowest BCUT2D eigenvalue weighted by molar-refractivity contribution is 1.18. The fourth-order valence-corrected chi connectivity index (χ4v) is 2.61. The van der Waals surface area contributed by atoms with Crippen LogP contribution in [0.3, 0.4) is 0 Å². The van der Waals surface area contributed by atoms with E-state index >= 15 is 0 Å². The molecule has 3 heterocycles. The lowest BCUT2D eigenvalue weighted by Crippen LogP contribution is -2.00. The third kappa shape index (κ3) is 2.77. The van der Waals surface area contributed by atoms with Crippen molar-refractivity contribution in [3.05, 3.63) is 72.1 Å².